The van der Waals surface area contributed by atoms with Crippen LogP contribution in [0.3, 0.4) is 0 Å². The van der Waals surface area contributed by atoms with E-state index in [1.165, 1.54) is 22.9 Å². The van der Waals surface area contributed by atoms with Crippen molar-refractivity contribution in [1.29, 1.82) is 0 Å². The highest BCUT2D eigenvalue weighted by atomic mass is 19.1. The van der Waals surface area contributed by atoms with Crippen LogP contribution in [0, 0.1) is 18.6 Å². The Kier molecular flexibility index (Phi) is 6.40. The Morgan fingerprint density at radius 2 is 2.12 bits per heavy atom. The summed E-state index contributed by atoms with van der Waals surface area (Å²) in [7, 11) is 1.81. The zero-order valence-electron chi connectivity index (χ0n) is 15.0. The van der Waals surface area contributed by atoms with Crippen molar-refractivity contribution in [3.8, 4) is 0 Å². The average Bonchev–Trinajstić information content (AvgIpc) is 2.96. The van der Waals surface area contributed by atoms with Gasteiger partial charge in [0.15, 0.2) is 12.1 Å². The lowest BCUT2D eigenvalue weighted by Gasteiger charge is -2.16. The number of aryl methyl sites for hydroxylation is 1. The molecule has 0 amide bonds. The molecular weight excluding hydrogens is 342 g/mol. The number of nitrogens with two attached hydrogens (primary N) is 1. The largest absolute Gasteiger partial charge is 0.368 e. The molecule has 2 N–H and O–H groups in total. The maximum atomic E-state index is 13.8. The lowest BCUT2D eigenvalue weighted by Crippen LogP contribution is -2.28. The molecule has 1 heterocycles. The van der Waals surface area contributed by atoms with Gasteiger partial charge in [0.2, 0.25) is 5.96 Å². The summed E-state index contributed by atoms with van der Waals surface area (Å²) >= 11 is 0. The van der Waals surface area contributed by atoms with E-state index in [1.807, 2.05) is 7.05 Å². The Bertz CT molecular complexity index is 784. The van der Waals surface area contributed by atoms with Gasteiger partial charge in [-0.2, -0.15) is 4.68 Å². The molecule has 0 fully saturated rings. The van der Waals surface area contributed by atoms with Gasteiger partial charge in [0.1, 0.15) is 24.2 Å². The van der Waals surface area contributed by atoms with E-state index in [2.05, 4.69) is 21.7 Å². The summed E-state index contributed by atoms with van der Waals surface area (Å²) in [5, 5.41) is 4.19. The van der Waals surface area contributed by atoms with Crippen molar-refractivity contribution in [3.05, 3.63) is 59.8 Å². The van der Waals surface area contributed by atoms with Gasteiger partial charge < -0.3 is 15.4 Å². The summed E-state index contributed by atoms with van der Waals surface area (Å²) in [6.07, 6.45) is 1.01. The van der Waals surface area contributed by atoms with Crippen LogP contribution >= 0.6 is 0 Å². The van der Waals surface area contributed by atoms with Crippen molar-refractivity contribution < 1.29 is 13.5 Å². The lowest BCUT2D eigenvalue weighted by atomic mass is 10.1. The van der Waals surface area contributed by atoms with E-state index < -0.39 is 17.9 Å². The van der Waals surface area contributed by atoms with E-state index in [9.17, 15) is 8.78 Å². The second-order valence-corrected chi connectivity index (χ2v) is 5.69. The Labute approximate surface area is 150 Å². The smallest absolute Gasteiger partial charge is 0.220 e. The molecule has 7 nitrogen and oxygen atoms in total. The summed E-state index contributed by atoms with van der Waals surface area (Å²) in [6, 6.07) is 3.69. The quantitative estimate of drug-likeness (QED) is 0.462. The molecule has 0 bridgehead atoms. The van der Waals surface area contributed by atoms with Crippen molar-refractivity contribution in [2.45, 2.75) is 26.5 Å². The molecular formula is C17H22F2N6O. The maximum Gasteiger partial charge on any atom is 0.220 e. The Balaban J connectivity index is 2.14. The minimum atomic E-state index is -0.644. The van der Waals surface area contributed by atoms with Crippen molar-refractivity contribution in [2.24, 2.45) is 10.7 Å². The topological polar surface area (TPSA) is 81.6 Å². The second-order valence-electron chi connectivity index (χ2n) is 5.69. The van der Waals surface area contributed by atoms with Crippen LogP contribution in [0.5, 0.6) is 0 Å². The van der Waals surface area contributed by atoms with Crippen molar-refractivity contribution >= 4 is 5.96 Å². The maximum absolute atomic E-state index is 13.8. The first kappa shape index (κ1) is 19.5. The zero-order chi connectivity index (χ0) is 19.3. The molecule has 0 aliphatic carbocycles. The molecule has 9 heteroatoms. The highest BCUT2D eigenvalue weighted by Crippen LogP contribution is 2.15. The van der Waals surface area contributed by atoms with Crippen LogP contribution in [0.25, 0.3) is 0 Å². The fourth-order valence-electron chi connectivity index (χ4n) is 2.15. The van der Waals surface area contributed by atoms with E-state index in [0.29, 0.717) is 12.6 Å². The third-order valence-corrected chi connectivity index (χ3v) is 3.57. The van der Waals surface area contributed by atoms with Crippen LogP contribution in [0.4, 0.5) is 8.78 Å². The van der Waals surface area contributed by atoms with Crippen LogP contribution in [-0.2, 0) is 11.2 Å². The molecule has 2 rings (SSSR count). The van der Waals surface area contributed by atoms with Gasteiger partial charge in [0.05, 0.1) is 0 Å². The Morgan fingerprint density at radius 3 is 2.73 bits per heavy atom. The first-order valence-corrected chi connectivity index (χ1v) is 7.95. The van der Waals surface area contributed by atoms with Gasteiger partial charge in [0, 0.05) is 19.0 Å². The highest BCUT2D eigenvalue weighted by molar-refractivity contribution is 5.80. The normalized spacial score (nSPS) is 12.9. The van der Waals surface area contributed by atoms with Gasteiger partial charge in [-0.25, -0.2) is 18.8 Å². The number of benzene rings is 1. The van der Waals surface area contributed by atoms with E-state index >= 15 is 0 Å². The van der Waals surface area contributed by atoms with Gasteiger partial charge >= 0.3 is 0 Å². The van der Waals surface area contributed by atoms with Gasteiger partial charge in [-0.1, -0.05) is 12.6 Å². The van der Waals surface area contributed by atoms with Crippen LogP contribution in [0.1, 0.15) is 24.1 Å². The number of aliphatic imine (C=N–C) groups is 1. The molecule has 0 radical (unpaired) electrons. The second kappa shape index (κ2) is 8.52. The molecule has 0 aliphatic heterocycles. The van der Waals surface area contributed by atoms with Gasteiger partial charge in [-0.3, -0.25) is 0 Å². The lowest BCUT2D eigenvalue weighted by molar-refractivity contribution is 0.0181. The van der Waals surface area contributed by atoms with Crippen LogP contribution in [0.15, 0.2) is 36.0 Å². The minimum absolute atomic E-state index is 0.0732. The predicted octanol–water partition coefficient (Wildman–Crippen LogP) is 2.01. The molecule has 1 aromatic carbocycles. The summed E-state index contributed by atoms with van der Waals surface area (Å²) < 4.78 is 34.3. The molecule has 26 heavy (non-hydrogen) atoms. The fourth-order valence-corrected chi connectivity index (χ4v) is 2.15. The molecule has 0 spiro atoms. The third-order valence-electron chi connectivity index (χ3n) is 3.57. The summed E-state index contributed by atoms with van der Waals surface area (Å²) in [4.78, 5) is 10.1. The molecule has 140 valence electrons. The monoisotopic (exact) mass is 364 g/mol. The SMILES string of the molecule is C=CN(C)COC(C)/N=C(/N)n1nc(Cc2c(F)cccc2F)nc1C. The first-order valence-electron chi connectivity index (χ1n) is 7.95. The van der Waals surface area contributed by atoms with Crippen molar-refractivity contribution in [3.63, 3.8) is 0 Å². The number of hydrogen-bond donors (Lipinski definition) is 1. The Hall–Kier alpha value is -2.81. The van der Waals surface area contributed by atoms with Gasteiger partial charge in [0.25, 0.3) is 0 Å². The molecule has 1 aromatic heterocycles. The number of aromatic nitrogens is 3. The molecule has 2 aromatic rings. The number of ether oxygens (including phenoxy) is 1. The molecule has 0 saturated carbocycles. The number of hydrogen-bond acceptors (Lipinski definition) is 5. The fraction of sp³-hybridized carbons (Fsp3) is 0.353. The van der Waals surface area contributed by atoms with E-state index in [4.69, 9.17) is 10.5 Å². The summed E-state index contributed by atoms with van der Waals surface area (Å²) in [5.74, 6) is -0.523. The highest BCUT2D eigenvalue weighted by Gasteiger charge is 2.15. The predicted molar refractivity (Wildman–Crippen MR) is 94.3 cm³/mol. The van der Waals surface area contributed by atoms with Crippen LogP contribution in [0.2, 0.25) is 0 Å². The standard InChI is InChI=1S/C17H22F2N6O/c1-5-24(4)10-26-12(3)22-17(20)25-11(2)21-16(23-25)9-13-14(18)7-6-8-15(13)19/h5-8,12H,1,9-10H2,2-4H3,(H2,20,22). The number of rotatable bonds is 7. The molecule has 0 aliphatic rings. The number of nitrogens with zero attached hydrogens (tertiary/aromatic N) is 5. The average molecular weight is 364 g/mol. The minimum Gasteiger partial charge on any atom is -0.368 e. The van der Waals surface area contributed by atoms with Crippen LogP contribution in [-0.4, -0.2) is 45.6 Å². The molecule has 0 saturated heterocycles. The third kappa shape index (κ3) is 4.85. The van der Waals surface area contributed by atoms with E-state index in [1.54, 1.807) is 24.9 Å². The van der Waals surface area contributed by atoms with E-state index in [-0.39, 0.29) is 23.8 Å². The summed E-state index contributed by atoms with van der Waals surface area (Å²) in [6.45, 7) is 7.32. The molecule has 1 unspecified atom stereocenters. The summed E-state index contributed by atoms with van der Waals surface area (Å²) in [5.41, 5.74) is 5.86. The van der Waals surface area contributed by atoms with E-state index in [0.717, 1.165) is 0 Å². The van der Waals surface area contributed by atoms with Gasteiger partial charge in [-0.15, -0.1) is 5.10 Å². The van der Waals surface area contributed by atoms with Crippen molar-refractivity contribution in [2.75, 3.05) is 13.8 Å². The number of halogens is 2. The van der Waals surface area contributed by atoms with Gasteiger partial charge in [-0.05, 0) is 32.2 Å². The van der Waals surface area contributed by atoms with Crippen LogP contribution < -0.4 is 5.73 Å². The zero-order valence-corrected chi connectivity index (χ0v) is 15.0. The first-order chi connectivity index (χ1) is 12.3. The van der Waals surface area contributed by atoms with Crippen molar-refractivity contribution in [1.82, 2.24) is 19.7 Å². The molecule has 1 atom stereocenters. The Morgan fingerprint density at radius 1 is 1.46 bits per heavy atom.